The fourth-order valence-corrected chi connectivity index (χ4v) is 4.94. The van der Waals surface area contributed by atoms with Crippen LogP contribution in [0.3, 0.4) is 0 Å². The molecule has 0 saturated heterocycles. The summed E-state index contributed by atoms with van der Waals surface area (Å²) in [5, 5.41) is 16.9. The van der Waals surface area contributed by atoms with Crippen molar-refractivity contribution in [3.8, 4) is 23.0 Å². The molecule has 0 bridgehead atoms. The van der Waals surface area contributed by atoms with Gasteiger partial charge in [0, 0.05) is 35.0 Å². The van der Waals surface area contributed by atoms with Crippen molar-refractivity contribution in [1.29, 1.82) is 0 Å². The van der Waals surface area contributed by atoms with Crippen LogP contribution in [0.15, 0.2) is 66.9 Å². The number of ether oxygens (including phenoxy) is 3. The zero-order valence-corrected chi connectivity index (χ0v) is 26.1. The topological polar surface area (TPSA) is 139 Å². The summed E-state index contributed by atoms with van der Waals surface area (Å²) in [6.07, 6.45) is 4.26. The fourth-order valence-electron chi connectivity index (χ4n) is 4.72. The molecule has 0 spiro atoms. The van der Waals surface area contributed by atoms with Gasteiger partial charge in [0.05, 0.1) is 24.3 Å². The third-order valence-corrected chi connectivity index (χ3v) is 7.70. The van der Waals surface area contributed by atoms with Gasteiger partial charge in [-0.1, -0.05) is 11.6 Å². The molecule has 0 unspecified atom stereocenters. The average molecular weight is 642 g/mol. The number of rotatable bonds is 14. The number of carbonyl (C=O) groups excluding carboxylic acids is 3. The van der Waals surface area contributed by atoms with Crippen LogP contribution in [0.25, 0.3) is 10.9 Å². The first-order valence-electron chi connectivity index (χ1n) is 14.3. The largest absolute Gasteiger partial charge is 1.00 e. The number of aromatic nitrogens is 1. The molecule has 1 fully saturated rings. The molecule has 1 heterocycles. The Hall–Kier alpha value is -4.30. The van der Waals surface area contributed by atoms with E-state index in [0.717, 1.165) is 0 Å². The van der Waals surface area contributed by atoms with Crippen molar-refractivity contribution in [3.63, 3.8) is 0 Å². The van der Waals surface area contributed by atoms with E-state index in [1.165, 1.54) is 37.4 Å². The van der Waals surface area contributed by atoms with E-state index in [4.69, 9.17) is 25.8 Å². The molecule has 1 saturated carbocycles. The Morgan fingerprint density at radius 2 is 1.59 bits per heavy atom. The Labute approximate surface area is 281 Å². The number of halogens is 2. The molecule has 10 nitrogen and oxygen atoms in total. The second kappa shape index (κ2) is 15.3. The van der Waals surface area contributed by atoms with E-state index in [1.54, 1.807) is 36.5 Å². The Kier molecular flexibility index (Phi) is 11.5. The van der Waals surface area contributed by atoms with Gasteiger partial charge in [-0.15, -0.1) is 0 Å². The number of carbonyl (C=O) groups is 3. The molecule has 4 aromatic rings. The number of pyridine rings is 1. The first-order valence-corrected chi connectivity index (χ1v) is 14.7. The van der Waals surface area contributed by atoms with Crippen molar-refractivity contribution >= 4 is 51.7 Å². The minimum absolute atomic E-state index is 0. The summed E-state index contributed by atoms with van der Waals surface area (Å²) in [6.45, 7) is 0.379. The predicted octanol–water partition coefficient (Wildman–Crippen LogP) is 2.88. The number of fused-ring (bicyclic) bond motifs is 1. The summed E-state index contributed by atoms with van der Waals surface area (Å²) < 4.78 is 30.7. The minimum Gasteiger partial charge on any atom is -0.550 e. The van der Waals surface area contributed by atoms with Crippen LogP contribution in [0.1, 0.15) is 38.5 Å². The van der Waals surface area contributed by atoms with Crippen LogP contribution in [0.2, 0.25) is 5.02 Å². The number of nitrogens with zero attached hydrogens (tertiary/aromatic N) is 1. The number of carboxylic acid groups (broad SMARTS) is 1. The Morgan fingerprint density at radius 3 is 2.24 bits per heavy atom. The fraction of sp³-hybridized carbons (Fsp3) is 0.273. The van der Waals surface area contributed by atoms with Crippen LogP contribution in [0, 0.1) is 11.2 Å². The standard InChI is InChI=1S/C33H31ClFN3O7.Li/c1-43-28-18-23-25(19-29(28)44-16-4-2-3-5-30(39)40)36-15-12-26(23)45-27-11-10-22(17-24(27)34)38-32(42)33(13-14-33)31(41)37-21-8-6-20(35)7-9-21;/h6-12,15,17-19H,2-5,13-14,16H2,1H3,(H,37,41)(H,38,42)(H,39,40);/q;+1/p-1. The molecule has 1 aromatic heterocycles. The second-order valence-electron chi connectivity index (χ2n) is 10.6. The van der Waals surface area contributed by atoms with E-state index >= 15 is 0 Å². The molecule has 0 aliphatic heterocycles. The van der Waals surface area contributed by atoms with Crippen LogP contribution in [0.4, 0.5) is 15.8 Å². The number of aliphatic carboxylic acids is 1. The Balaban J connectivity index is 0.00000480. The smallest absolute Gasteiger partial charge is 0.550 e. The number of amides is 2. The number of carboxylic acids is 1. The van der Waals surface area contributed by atoms with E-state index in [9.17, 15) is 23.9 Å². The molecule has 1 aliphatic rings. The number of unbranched alkanes of at least 4 members (excludes halogenated alkanes) is 2. The van der Waals surface area contributed by atoms with Gasteiger partial charge in [-0.3, -0.25) is 14.6 Å². The Bertz CT molecular complexity index is 1730. The van der Waals surface area contributed by atoms with Crippen LogP contribution in [-0.4, -0.2) is 36.5 Å². The van der Waals surface area contributed by atoms with Crippen LogP contribution in [0.5, 0.6) is 23.0 Å². The van der Waals surface area contributed by atoms with Crippen LogP contribution >= 0.6 is 11.6 Å². The van der Waals surface area contributed by atoms with Gasteiger partial charge < -0.3 is 34.7 Å². The number of hydrogen-bond donors (Lipinski definition) is 2. The van der Waals surface area contributed by atoms with Gasteiger partial charge in [-0.05, 0) is 93.1 Å². The first kappa shape index (κ1) is 34.6. The summed E-state index contributed by atoms with van der Waals surface area (Å²) in [5.41, 5.74) is 0.166. The molecule has 2 N–H and O–H groups in total. The van der Waals surface area contributed by atoms with E-state index in [0.29, 0.717) is 84.0 Å². The monoisotopic (exact) mass is 641 g/mol. The van der Waals surface area contributed by atoms with Crippen molar-refractivity contribution in [2.45, 2.75) is 38.5 Å². The number of nitrogens with one attached hydrogen (secondary N) is 2. The van der Waals surface area contributed by atoms with Crippen LogP contribution in [-0.2, 0) is 14.4 Å². The summed E-state index contributed by atoms with van der Waals surface area (Å²) in [4.78, 5) is 40.9. The minimum atomic E-state index is -1.22. The van der Waals surface area contributed by atoms with E-state index in [1.807, 2.05) is 0 Å². The molecule has 3 aromatic carbocycles. The number of hydrogen-bond acceptors (Lipinski definition) is 8. The number of methoxy groups -OCH3 is 1. The maximum absolute atomic E-state index is 13.2. The molecular weight excluding hydrogens is 612 g/mol. The third-order valence-electron chi connectivity index (χ3n) is 7.40. The van der Waals surface area contributed by atoms with Gasteiger partial charge in [-0.2, -0.15) is 0 Å². The van der Waals surface area contributed by atoms with Crippen molar-refractivity contribution in [1.82, 2.24) is 4.98 Å². The maximum atomic E-state index is 13.2. The van der Waals surface area contributed by atoms with Gasteiger partial charge in [0.25, 0.3) is 0 Å². The normalized spacial score (nSPS) is 12.8. The number of anilines is 2. The van der Waals surface area contributed by atoms with E-state index in [-0.39, 0.29) is 30.3 Å². The summed E-state index contributed by atoms with van der Waals surface area (Å²) in [5.74, 6) is -0.662. The summed E-state index contributed by atoms with van der Waals surface area (Å²) in [6, 6.07) is 15.3. The van der Waals surface area contributed by atoms with Crippen LogP contribution < -0.4 is 48.8 Å². The summed E-state index contributed by atoms with van der Waals surface area (Å²) >= 11 is 6.54. The number of benzene rings is 3. The van der Waals surface area contributed by atoms with Gasteiger partial charge in [0.2, 0.25) is 11.8 Å². The van der Waals surface area contributed by atoms with Gasteiger partial charge >= 0.3 is 18.9 Å². The van der Waals surface area contributed by atoms with E-state index in [2.05, 4.69) is 15.6 Å². The first-order chi connectivity index (χ1) is 21.7. The average Bonchev–Trinajstić information content (AvgIpc) is 3.83. The molecule has 5 rings (SSSR count). The van der Waals surface area contributed by atoms with Crippen molar-refractivity contribution in [2.24, 2.45) is 5.41 Å². The molecule has 1 aliphatic carbocycles. The molecular formula is C33H30ClFLiN3O7. The van der Waals surface area contributed by atoms with Crippen molar-refractivity contribution in [3.05, 3.63) is 77.7 Å². The van der Waals surface area contributed by atoms with Gasteiger partial charge in [-0.25, -0.2) is 4.39 Å². The molecule has 46 heavy (non-hydrogen) atoms. The second-order valence-corrected chi connectivity index (χ2v) is 11.0. The summed E-state index contributed by atoms with van der Waals surface area (Å²) in [7, 11) is 1.52. The van der Waals surface area contributed by atoms with Crippen molar-refractivity contribution < 1.29 is 57.0 Å². The zero-order chi connectivity index (χ0) is 32.0. The Morgan fingerprint density at radius 1 is 0.891 bits per heavy atom. The third kappa shape index (κ3) is 8.29. The van der Waals surface area contributed by atoms with Gasteiger partial charge in [0.1, 0.15) is 22.7 Å². The molecule has 0 radical (unpaired) electrons. The van der Waals surface area contributed by atoms with Crippen molar-refractivity contribution in [2.75, 3.05) is 24.4 Å². The zero-order valence-electron chi connectivity index (χ0n) is 25.4. The molecule has 234 valence electrons. The molecule has 2 amide bonds. The molecule has 13 heteroatoms. The van der Waals surface area contributed by atoms with Gasteiger partial charge in [0.15, 0.2) is 11.5 Å². The van der Waals surface area contributed by atoms with E-state index < -0.39 is 29.0 Å². The quantitative estimate of drug-likeness (QED) is 0.122. The maximum Gasteiger partial charge on any atom is 1.00 e. The molecule has 0 atom stereocenters. The SMILES string of the molecule is COc1cc2c(Oc3ccc(NC(=O)C4(C(=O)Nc5ccc(F)cc5)CC4)cc3Cl)ccnc2cc1OCCCCCC(=O)[O-].[Li+]. The predicted molar refractivity (Wildman–Crippen MR) is 164 cm³/mol.